The van der Waals surface area contributed by atoms with Gasteiger partial charge in [0.05, 0.1) is 0 Å². The van der Waals surface area contributed by atoms with E-state index < -0.39 is 0 Å². The minimum absolute atomic E-state index is 0.338. The van der Waals surface area contributed by atoms with Crippen molar-refractivity contribution in [3.63, 3.8) is 0 Å². The summed E-state index contributed by atoms with van der Waals surface area (Å²) in [4.78, 5) is 4.09. The third-order valence-electron chi connectivity index (χ3n) is 3.12. The quantitative estimate of drug-likeness (QED) is 0.765. The van der Waals surface area contributed by atoms with Crippen LogP contribution in [0.2, 0.25) is 5.15 Å². The Morgan fingerprint density at radius 2 is 2.00 bits per heavy atom. The zero-order valence-corrected chi connectivity index (χ0v) is 11.1. The number of nitrogens with one attached hydrogen (secondary N) is 1. The van der Waals surface area contributed by atoms with Gasteiger partial charge in [-0.05, 0) is 31.0 Å². The van der Waals surface area contributed by atoms with Gasteiger partial charge in [-0.1, -0.05) is 44.4 Å². The van der Waals surface area contributed by atoms with Crippen LogP contribution in [0.4, 0.5) is 0 Å². The van der Waals surface area contributed by atoms with E-state index in [2.05, 4.69) is 31.1 Å². The molecular weight excluding hydrogens is 220 g/mol. The number of aromatic nitrogens is 1. The Balaban J connectivity index is 2.46. The summed E-state index contributed by atoms with van der Waals surface area (Å²) in [5.74, 6) is 0.766. The van der Waals surface area contributed by atoms with Crippen molar-refractivity contribution in [2.45, 2.75) is 39.7 Å². The van der Waals surface area contributed by atoms with Crippen molar-refractivity contribution in [3.8, 4) is 0 Å². The van der Waals surface area contributed by atoms with Gasteiger partial charge in [0, 0.05) is 12.2 Å². The lowest BCUT2D eigenvalue weighted by molar-refractivity contribution is 0.422. The fraction of sp³-hybridized carbons (Fsp3) is 0.615. The lowest BCUT2D eigenvalue weighted by Crippen LogP contribution is -2.25. The van der Waals surface area contributed by atoms with E-state index in [1.165, 1.54) is 18.4 Å². The maximum atomic E-state index is 5.76. The zero-order chi connectivity index (χ0) is 12.0. The predicted molar refractivity (Wildman–Crippen MR) is 69.7 cm³/mol. The van der Waals surface area contributed by atoms with Crippen molar-refractivity contribution in [2.24, 2.45) is 5.92 Å². The molecular formula is C13H21ClN2. The highest BCUT2D eigenvalue weighted by Gasteiger charge is 2.08. The summed E-state index contributed by atoms with van der Waals surface area (Å²) in [7, 11) is 0. The molecule has 0 aromatic carbocycles. The number of pyridine rings is 1. The van der Waals surface area contributed by atoms with Crippen LogP contribution in [0.15, 0.2) is 18.3 Å². The van der Waals surface area contributed by atoms with Gasteiger partial charge in [-0.25, -0.2) is 4.98 Å². The van der Waals surface area contributed by atoms with Gasteiger partial charge in [0.15, 0.2) is 0 Å². The summed E-state index contributed by atoms with van der Waals surface area (Å²) in [6.45, 7) is 7.71. The highest BCUT2D eigenvalue weighted by molar-refractivity contribution is 6.29. The molecule has 90 valence electrons. The van der Waals surface area contributed by atoms with Gasteiger partial charge in [-0.3, -0.25) is 0 Å². The van der Waals surface area contributed by atoms with E-state index in [0.717, 1.165) is 12.5 Å². The van der Waals surface area contributed by atoms with E-state index in [0.29, 0.717) is 11.2 Å². The zero-order valence-electron chi connectivity index (χ0n) is 10.3. The Morgan fingerprint density at radius 3 is 2.50 bits per heavy atom. The van der Waals surface area contributed by atoms with Crippen LogP contribution in [0, 0.1) is 5.92 Å². The molecule has 1 rings (SSSR count). The second-order valence-corrected chi connectivity index (χ2v) is 4.61. The Kier molecular flexibility index (Phi) is 5.78. The molecule has 0 saturated carbocycles. The molecule has 16 heavy (non-hydrogen) atoms. The van der Waals surface area contributed by atoms with Gasteiger partial charge in [0.25, 0.3) is 0 Å². The minimum atomic E-state index is 0.338. The molecule has 0 spiro atoms. The van der Waals surface area contributed by atoms with E-state index in [9.17, 15) is 0 Å². The molecule has 0 bridgehead atoms. The van der Waals surface area contributed by atoms with Crippen molar-refractivity contribution >= 4 is 11.6 Å². The lowest BCUT2D eigenvalue weighted by Gasteiger charge is -2.18. The molecule has 0 fully saturated rings. The van der Waals surface area contributed by atoms with E-state index in [1.54, 1.807) is 0 Å². The lowest BCUT2D eigenvalue weighted by atomic mass is 10.0. The van der Waals surface area contributed by atoms with Crippen molar-refractivity contribution in [1.29, 1.82) is 0 Å². The van der Waals surface area contributed by atoms with Crippen LogP contribution in [0.5, 0.6) is 0 Å². The smallest absolute Gasteiger partial charge is 0.129 e. The Labute approximate surface area is 103 Å². The first-order valence-electron chi connectivity index (χ1n) is 6.02. The van der Waals surface area contributed by atoms with Crippen LogP contribution in [-0.2, 0) is 0 Å². The fourth-order valence-corrected chi connectivity index (χ4v) is 1.79. The van der Waals surface area contributed by atoms with E-state index in [-0.39, 0.29) is 0 Å². The van der Waals surface area contributed by atoms with E-state index in [4.69, 9.17) is 11.6 Å². The average Bonchev–Trinajstić information content (AvgIpc) is 2.31. The number of nitrogens with zero attached hydrogens (tertiary/aromatic N) is 1. The van der Waals surface area contributed by atoms with Gasteiger partial charge in [0.2, 0.25) is 0 Å². The molecule has 1 atom stereocenters. The molecule has 1 aromatic heterocycles. The minimum Gasteiger partial charge on any atom is -0.310 e. The van der Waals surface area contributed by atoms with Crippen molar-refractivity contribution in [2.75, 3.05) is 6.54 Å². The molecule has 0 aliphatic carbocycles. The standard InChI is InChI=1S/C13H21ClN2/c1-4-11(5-2)8-15-10(3)12-6-7-13(14)16-9-12/h6-7,9-11,15H,4-5,8H2,1-3H3. The van der Waals surface area contributed by atoms with Gasteiger partial charge in [-0.2, -0.15) is 0 Å². The van der Waals surface area contributed by atoms with Crippen molar-refractivity contribution in [3.05, 3.63) is 29.0 Å². The summed E-state index contributed by atoms with van der Waals surface area (Å²) in [5.41, 5.74) is 1.19. The molecule has 3 heteroatoms. The average molecular weight is 241 g/mol. The Hall–Kier alpha value is -0.600. The first-order chi connectivity index (χ1) is 7.67. The fourth-order valence-electron chi connectivity index (χ4n) is 1.68. The summed E-state index contributed by atoms with van der Waals surface area (Å²) in [6, 6.07) is 4.21. The van der Waals surface area contributed by atoms with Crippen LogP contribution in [0.25, 0.3) is 0 Å². The summed E-state index contributed by atoms with van der Waals surface area (Å²) in [5, 5.41) is 4.09. The van der Waals surface area contributed by atoms with E-state index >= 15 is 0 Å². The molecule has 2 nitrogen and oxygen atoms in total. The summed E-state index contributed by atoms with van der Waals surface area (Å²) < 4.78 is 0. The molecule has 0 saturated heterocycles. The SMILES string of the molecule is CCC(CC)CNC(C)c1ccc(Cl)nc1. The Bertz CT molecular complexity index is 293. The molecule has 1 heterocycles. The third kappa shape index (κ3) is 4.11. The van der Waals surface area contributed by atoms with Crippen molar-refractivity contribution in [1.82, 2.24) is 10.3 Å². The topological polar surface area (TPSA) is 24.9 Å². The highest BCUT2D eigenvalue weighted by Crippen LogP contribution is 2.14. The molecule has 1 unspecified atom stereocenters. The molecule has 0 amide bonds. The Morgan fingerprint density at radius 1 is 1.31 bits per heavy atom. The second-order valence-electron chi connectivity index (χ2n) is 4.23. The first kappa shape index (κ1) is 13.5. The van der Waals surface area contributed by atoms with Crippen LogP contribution >= 0.6 is 11.6 Å². The maximum Gasteiger partial charge on any atom is 0.129 e. The predicted octanol–water partition coefficient (Wildman–Crippen LogP) is 3.82. The summed E-state index contributed by atoms with van der Waals surface area (Å²) in [6.07, 6.45) is 4.30. The van der Waals surface area contributed by atoms with Crippen LogP contribution < -0.4 is 5.32 Å². The van der Waals surface area contributed by atoms with Crippen LogP contribution in [0.3, 0.4) is 0 Å². The van der Waals surface area contributed by atoms with Gasteiger partial charge in [0.1, 0.15) is 5.15 Å². The van der Waals surface area contributed by atoms with Crippen LogP contribution in [-0.4, -0.2) is 11.5 Å². The highest BCUT2D eigenvalue weighted by atomic mass is 35.5. The number of rotatable bonds is 6. The maximum absolute atomic E-state index is 5.76. The molecule has 0 radical (unpaired) electrons. The molecule has 0 aliphatic heterocycles. The normalized spacial score (nSPS) is 13.1. The largest absolute Gasteiger partial charge is 0.310 e. The number of hydrogen-bond acceptors (Lipinski definition) is 2. The van der Waals surface area contributed by atoms with Gasteiger partial charge < -0.3 is 5.32 Å². The number of hydrogen-bond donors (Lipinski definition) is 1. The summed E-state index contributed by atoms with van der Waals surface area (Å²) >= 11 is 5.76. The van der Waals surface area contributed by atoms with Gasteiger partial charge >= 0.3 is 0 Å². The molecule has 1 aromatic rings. The molecule has 0 aliphatic rings. The monoisotopic (exact) mass is 240 g/mol. The second kappa shape index (κ2) is 6.87. The number of halogens is 1. The van der Waals surface area contributed by atoms with Gasteiger partial charge in [-0.15, -0.1) is 0 Å². The van der Waals surface area contributed by atoms with Crippen LogP contribution in [0.1, 0.15) is 45.2 Å². The molecule has 1 N–H and O–H groups in total. The van der Waals surface area contributed by atoms with E-state index in [1.807, 2.05) is 18.3 Å². The third-order valence-corrected chi connectivity index (χ3v) is 3.34. The first-order valence-corrected chi connectivity index (χ1v) is 6.40. The van der Waals surface area contributed by atoms with Crippen molar-refractivity contribution < 1.29 is 0 Å².